The van der Waals surface area contributed by atoms with Crippen LogP contribution in [-0.4, -0.2) is 15.7 Å². The van der Waals surface area contributed by atoms with Crippen molar-refractivity contribution in [3.8, 4) is 0 Å². The Balaban J connectivity index is 1.74. The minimum Gasteiger partial charge on any atom is -0.345 e. The first kappa shape index (κ1) is 17.2. The molecule has 0 aliphatic carbocycles. The average molecular weight is 354 g/mol. The van der Waals surface area contributed by atoms with Crippen LogP contribution in [0.2, 0.25) is 5.02 Å². The quantitative estimate of drug-likeness (QED) is 0.730. The molecule has 25 heavy (non-hydrogen) atoms. The smallest absolute Gasteiger partial charge is 0.221 e. The largest absolute Gasteiger partial charge is 0.345 e. The van der Waals surface area contributed by atoms with Crippen LogP contribution in [0.1, 0.15) is 29.2 Å². The summed E-state index contributed by atoms with van der Waals surface area (Å²) in [6.45, 7) is 0. The van der Waals surface area contributed by atoms with Gasteiger partial charge in [0.25, 0.3) is 0 Å². The number of benzene rings is 2. The van der Waals surface area contributed by atoms with Crippen molar-refractivity contribution in [3.63, 3.8) is 0 Å². The minimum absolute atomic E-state index is 0.00215. The molecule has 0 fully saturated rings. The third-order valence-corrected chi connectivity index (χ3v) is 4.25. The predicted octanol–water partition coefficient (Wildman–Crippen LogP) is 3.91. The molecule has 1 atom stereocenters. The Morgan fingerprint density at radius 3 is 2.60 bits per heavy atom. The van der Waals surface area contributed by atoms with Crippen LogP contribution in [0.4, 0.5) is 0 Å². The van der Waals surface area contributed by atoms with Crippen molar-refractivity contribution in [2.24, 2.45) is 7.05 Å². The standard InChI is InChI=1S/C20H20ClN3O/c1-24-14-15(13-22-24)10-11-19(25)23-20(16-6-3-2-4-7-16)17-8-5-9-18(21)12-17/h2-9,12-14,20H,10-11H2,1H3,(H,23,25)/t20-/m0/s1. The highest BCUT2D eigenvalue weighted by Crippen LogP contribution is 2.24. The Morgan fingerprint density at radius 1 is 1.16 bits per heavy atom. The van der Waals surface area contributed by atoms with Gasteiger partial charge in [-0.3, -0.25) is 9.48 Å². The lowest BCUT2D eigenvalue weighted by Crippen LogP contribution is -2.29. The number of aromatic nitrogens is 2. The summed E-state index contributed by atoms with van der Waals surface area (Å²) >= 11 is 6.13. The first-order chi connectivity index (χ1) is 12.1. The van der Waals surface area contributed by atoms with Crippen LogP contribution in [0.15, 0.2) is 67.0 Å². The van der Waals surface area contributed by atoms with Crippen LogP contribution < -0.4 is 5.32 Å². The van der Waals surface area contributed by atoms with E-state index in [0.717, 1.165) is 16.7 Å². The fourth-order valence-corrected chi connectivity index (χ4v) is 2.98. The molecule has 1 heterocycles. The number of amides is 1. The molecule has 128 valence electrons. The molecular formula is C20H20ClN3O. The normalized spacial score (nSPS) is 11.9. The molecule has 2 aromatic carbocycles. The molecule has 0 saturated heterocycles. The number of hydrogen-bond acceptors (Lipinski definition) is 2. The van der Waals surface area contributed by atoms with Gasteiger partial charge in [-0.1, -0.05) is 54.1 Å². The lowest BCUT2D eigenvalue weighted by Gasteiger charge is -2.20. The van der Waals surface area contributed by atoms with Gasteiger partial charge in [0, 0.05) is 24.7 Å². The van der Waals surface area contributed by atoms with E-state index in [1.165, 1.54) is 0 Å². The molecule has 0 bridgehead atoms. The molecule has 1 aromatic heterocycles. The zero-order valence-corrected chi connectivity index (χ0v) is 14.8. The number of aryl methyl sites for hydroxylation is 2. The van der Waals surface area contributed by atoms with Crippen molar-refractivity contribution >= 4 is 17.5 Å². The number of hydrogen-bond donors (Lipinski definition) is 1. The summed E-state index contributed by atoms with van der Waals surface area (Å²) in [5.74, 6) is -0.00215. The van der Waals surface area contributed by atoms with E-state index in [-0.39, 0.29) is 11.9 Å². The van der Waals surface area contributed by atoms with Crippen molar-refractivity contribution in [1.29, 1.82) is 0 Å². The van der Waals surface area contributed by atoms with Crippen molar-refractivity contribution in [2.75, 3.05) is 0 Å². The number of carbonyl (C=O) groups is 1. The highest BCUT2D eigenvalue weighted by Gasteiger charge is 2.17. The van der Waals surface area contributed by atoms with Crippen LogP contribution in [0, 0.1) is 0 Å². The third kappa shape index (κ3) is 4.70. The Hall–Kier alpha value is -2.59. The lowest BCUT2D eigenvalue weighted by molar-refractivity contribution is -0.121. The maximum absolute atomic E-state index is 12.5. The summed E-state index contributed by atoms with van der Waals surface area (Å²) in [5, 5.41) is 7.92. The summed E-state index contributed by atoms with van der Waals surface area (Å²) in [5.41, 5.74) is 3.05. The number of nitrogens with one attached hydrogen (secondary N) is 1. The molecule has 0 radical (unpaired) electrons. The van der Waals surface area contributed by atoms with E-state index in [0.29, 0.717) is 17.9 Å². The maximum atomic E-state index is 12.5. The van der Waals surface area contributed by atoms with Gasteiger partial charge >= 0.3 is 0 Å². The van der Waals surface area contributed by atoms with E-state index in [2.05, 4.69) is 10.4 Å². The Labute approximate surface area is 152 Å². The van der Waals surface area contributed by atoms with Gasteiger partial charge < -0.3 is 5.32 Å². The molecule has 3 aromatic rings. The van der Waals surface area contributed by atoms with Gasteiger partial charge in [0.05, 0.1) is 12.2 Å². The van der Waals surface area contributed by atoms with E-state index < -0.39 is 0 Å². The average Bonchev–Trinajstić information content (AvgIpc) is 3.04. The fourth-order valence-electron chi connectivity index (χ4n) is 2.78. The first-order valence-electron chi connectivity index (χ1n) is 8.19. The minimum atomic E-state index is -0.221. The van der Waals surface area contributed by atoms with Crippen LogP contribution in [0.3, 0.4) is 0 Å². The molecule has 1 amide bonds. The zero-order chi connectivity index (χ0) is 17.6. The van der Waals surface area contributed by atoms with E-state index in [1.807, 2.05) is 67.8 Å². The summed E-state index contributed by atoms with van der Waals surface area (Å²) < 4.78 is 1.74. The number of carbonyl (C=O) groups excluding carboxylic acids is 1. The van der Waals surface area contributed by atoms with Gasteiger partial charge in [-0.25, -0.2) is 0 Å². The second kappa shape index (κ2) is 7.99. The number of halogens is 1. The van der Waals surface area contributed by atoms with Crippen molar-refractivity contribution < 1.29 is 4.79 Å². The van der Waals surface area contributed by atoms with Crippen molar-refractivity contribution in [2.45, 2.75) is 18.9 Å². The molecule has 0 unspecified atom stereocenters. The summed E-state index contributed by atoms with van der Waals surface area (Å²) in [4.78, 5) is 12.5. The lowest BCUT2D eigenvalue weighted by atomic mass is 9.98. The van der Waals surface area contributed by atoms with E-state index in [9.17, 15) is 4.79 Å². The molecule has 1 N–H and O–H groups in total. The second-order valence-electron chi connectivity index (χ2n) is 5.99. The molecule has 5 heteroatoms. The molecular weight excluding hydrogens is 334 g/mol. The van der Waals surface area contributed by atoms with E-state index in [4.69, 9.17) is 11.6 Å². The maximum Gasteiger partial charge on any atom is 0.221 e. The summed E-state index contributed by atoms with van der Waals surface area (Å²) in [6.07, 6.45) is 4.80. The Kier molecular flexibility index (Phi) is 5.51. The highest BCUT2D eigenvalue weighted by atomic mass is 35.5. The molecule has 4 nitrogen and oxygen atoms in total. The highest BCUT2D eigenvalue weighted by molar-refractivity contribution is 6.30. The Bertz CT molecular complexity index is 845. The summed E-state index contributed by atoms with van der Waals surface area (Å²) in [7, 11) is 1.87. The van der Waals surface area contributed by atoms with Gasteiger partial charge in [-0.15, -0.1) is 0 Å². The van der Waals surface area contributed by atoms with Gasteiger partial charge in [0.1, 0.15) is 0 Å². The number of nitrogens with zero attached hydrogens (tertiary/aromatic N) is 2. The van der Waals surface area contributed by atoms with Crippen LogP contribution in [-0.2, 0) is 18.3 Å². The molecule has 3 rings (SSSR count). The SMILES string of the molecule is Cn1cc(CCC(=O)N[C@@H](c2ccccc2)c2cccc(Cl)c2)cn1. The molecule has 0 saturated carbocycles. The fraction of sp³-hybridized carbons (Fsp3) is 0.200. The van der Waals surface area contributed by atoms with E-state index in [1.54, 1.807) is 10.9 Å². The predicted molar refractivity (Wildman–Crippen MR) is 99.4 cm³/mol. The van der Waals surface area contributed by atoms with Gasteiger partial charge in [-0.2, -0.15) is 5.10 Å². The van der Waals surface area contributed by atoms with Gasteiger partial charge in [0.15, 0.2) is 0 Å². The summed E-state index contributed by atoms with van der Waals surface area (Å²) in [6, 6.07) is 17.3. The third-order valence-electron chi connectivity index (χ3n) is 4.02. The van der Waals surface area contributed by atoms with Crippen LogP contribution in [0.5, 0.6) is 0 Å². The molecule has 0 aliphatic rings. The van der Waals surface area contributed by atoms with Crippen LogP contribution >= 0.6 is 11.6 Å². The van der Waals surface area contributed by atoms with Crippen molar-refractivity contribution in [1.82, 2.24) is 15.1 Å². The van der Waals surface area contributed by atoms with Gasteiger partial charge in [-0.05, 0) is 35.2 Å². The molecule has 0 aliphatic heterocycles. The van der Waals surface area contributed by atoms with E-state index >= 15 is 0 Å². The zero-order valence-electron chi connectivity index (χ0n) is 14.0. The van der Waals surface area contributed by atoms with Crippen LogP contribution in [0.25, 0.3) is 0 Å². The second-order valence-corrected chi connectivity index (χ2v) is 6.42. The molecule has 0 spiro atoms. The Morgan fingerprint density at radius 2 is 1.92 bits per heavy atom. The topological polar surface area (TPSA) is 46.9 Å². The van der Waals surface area contributed by atoms with Crippen molar-refractivity contribution in [3.05, 3.63) is 88.7 Å². The first-order valence-corrected chi connectivity index (χ1v) is 8.57. The monoisotopic (exact) mass is 353 g/mol. The van der Waals surface area contributed by atoms with Gasteiger partial charge in [0.2, 0.25) is 5.91 Å². The number of rotatable bonds is 6.